The van der Waals surface area contributed by atoms with Gasteiger partial charge in [0.25, 0.3) is 8.32 Å². The molecule has 0 bridgehead atoms. The molecule has 0 aromatic heterocycles. The molecule has 0 saturated carbocycles. The molecule has 0 spiro atoms. The SMILES string of the molecule is CC1(c2ccc(Cl)c(C(F)(F)F)c2)CC(CO[Si](c2ccccc2)(c2ccccc2)C(C)(C)C)CC=C1C(=O)O. The highest BCUT2D eigenvalue weighted by Crippen LogP contribution is 2.46. The normalized spacial score (nSPS) is 20.2. The Balaban J connectivity index is 1.75. The molecule has 0 radical (unpaired) electrons. The van der Waals surface area contributed by atoms with Crippen molar-refractivity contribution >= 4 is 36.3 Å². The Morgan fingerprint density at radius 2 is 1.55 bits per heavy atom. The van der Waals surface area contributed by atoms with E-state index in [0.29, 0.717) is 19.4 Å². The van der Waals surface area contributed by atoms with E-state index in [2.05, 4.69) is 45.0 Å². The number of carboxylic acids is 1. The molecular weight excluding hydrogens is 553 g/mol. The van der Waals surface area contributed by atoms with Gasteiger partial charge in [-0.05, 0) is 51.9 Å². The third-order valence-corrected chi connectivity index (χ3v) is 13.4. The van der Waals surface area contributed by atoms with Crippen LogP contribution in [0.4, 0.5) is 13.2 Å². The van der Waals surface area contributed by atoms with E-state index in [1.807, 2.05) is 36.4 Å². The summed E-state index contributed by atoms with van der Waals surface area (Å²) >= 11 is 5.89. The molecule has 1 aliphatic carbocycles. The van der Waals surface area contributed by atoms with Gasteiger partial charge in [-0.1, -0.05) is 112 Å². The van der Waals surface area contributed by atoms with Crippen LogP contribution in [-0.4, -0.2) is 26.0 Å². The van der Waals surface area contributed by atoms with Crippen LogP contribution in [0.2, 0.25) is 10.1 Å². The van der Waals surface area contributed by atoms with Crippen LogP contribution in [0.5, 0.6) is 0 Å². The van der Waals surface area contributed by atoms with Gasteiger partial charge < -0.3 is 9.53 Å². The number of hydrogen-bond acceptors (Lipinski definition) is 2. The lowest BCUT2D eigenvalue weighted by atomic mass is 9.66. The third kappa shape index (κ3) is 5.65. The fourth-order valence-corrected chi connectivity index (χ4v) is 11.0. The first-order chi connectivity index (χ1) is 18.7. The van der Waals surface area contributed by atoms with Crippen LogP contribution < -0.4 is 10.4 Å². The van der Waals surface area contributed by atoms with E-state index >= 15 is 0 Å². The van der Waals surface area contributed by atoms with Crippen molar-refractivity contribution in [3.8, 4) is 0 Å². The van der Waals surface area contributed by atoms with Crippen molar-refractivity contribution < 1.29 is 27.5 Å². The van der Waals surface area contributed by atoms with Crippen molar-refractivity contribution in [2.45, 2.75) is 57.2 Å². The highest BCUT2D eigenvalue weighted by Gasteiger charge is 2.51. The molecule has 0 saturated heterocycles. The Morgan fingerprint density at radius 1 is 1.00 bits per heavy atom. The summed E-state index contributed by atoms with van der Waals surface area (Å²) in [4.78, 5) is 12.3. The standard InChI is InChI=1S/C32H34ClF3O3Si/c1-30(2,3)40(24-11-7-5-8-12-24,25-13-9-6-10-14-25)39-21-22-15-17-26(29(37)38)31(4,20-22)23-16-18-28(33)27(19-23)32(34,35)36/h5-14,16-19,22H,15,20-21H2,1-4H3,(H,37,38). The molecule has 2 unspecified atom stereocenters. The molecule has 4 rings (SSSR count). The van der Waals surface area contributed by atoms with Gasteiger partial charge in [0.15, 0.2) is 0 Å². The second-order valence-corrected chi connectivity index (χ2v) is 16.4. The molecule has 40 heavy (non-hydrogen) atoms. The summed E-state index contributed by atoms with van der Waals surface area (Å²) in [7, 11) is -2.84. The number of hydrogen-bond donors (Lipinski definition) is 1. The fraction of sp³-hybridized carbons (Fsp3) is 0.344. The van der Waals surface area contributed by atoms with Crippen molar-refractivity contribution in [3.63, 3.8) is 0 Å². The van der Waals surface area contributed by atoms with Gasteiger partial charge in [-0.25, -0.2) is 4.79 Å². The average molecular weight is 587 g/mol. The van der Waals surface area contributed by atoms with Crippen molar-refractivity contribution in [1.82, 2.24) is 0 Å². The first-order valence-electron chi connectivity index (χ1n) is 13.3. The van der Waals surface area contributed by atoms with Crippen molar-refractivity contribution in [1.29, 1.82) is 0 Å². The first kappa shape index (κ1) is 30.1. The number of allylic oxidation sites excluding steroid dienone is 1. The van der Waals surface area contributed by atoms with Crippen LogP contribution in [0.1, 0.15) is 51.7 Å². The zero-order valence-electron chi connectivity index (χ0n) is 23.1. The molecule has 3 nitrogen and oxygen atoms in total. The number of carboxylic acid groups (broad SMARTS) is 1. The van der Waals surface area contributed by atoms with Gasteiger partial charge >= 0.3 is 12.1 Å². The first-order valence-corrected chi connectivity index (χ1v) is 15.5. The fourth-order valence-electron chi connectivity index (χ4n) is 6.09. The summed E-state index contributed by atoms with van der Waals surface area (Å²) in [5.74, 6) is -1.25. The Hall–Kier alpha value is -2.87. The lowest BCUT2D eigenvalue weighted by Gasteiger charge is -2.45. The molecule has 3 aromatic carbocycles. The number of halogens is 4. The number of aliphatic carboxylic acids is 1. The predicted octanol–water partition coefficient (Wildman–Crippen LogP) is 7.61. The Kier molecular flexibility index (Phi) is 8.42. The van der Waals surface area contributed by atoms with E-state index in [1.54, 1.807) is 13.0 Å². The largest absolute Gasteiger partial charge is 0.478 e. The van der Waals surface area contributed by atoms with E-state index < -0.39 is 36.5 Å². The number of alkyl halides is 3. The second kappa shape index (κ2) is 11.2. The van der Waals surface area contributed by atoms with Gasteiger partial charge in [-0.2, -0.15) is 13.2 Å². The second-order valence-electron chi connectivity index (χ2n) is 11.7. The van der Waals surface area contributed by atoms with Crippen molar-refractivity contribution in [2.24, 2.45) is 5.92 Å². The number of rotatable bonds is 7. The minimum absolute atomic E-state index is 0.0876. The lowest BCUT2D eigenvalue weighted by Crippen LogP contribution is -2.67. The summed E-state index contributed by atoms with van der Waals surface area (Å²) < 4.78 is 48.2. The van der Waals surface area contributed by atoms with E-state index in [0.717, 1.165) is 16.4 Å². The van der Waals surface area contributed by atoms with Crippen LogP contribution in [0, 0.1) is 5.92 Å². The van der Waals surface area contributed by atoms with Gasteiger partial charge in [0.05, 0.1) is 10.6 Å². The zero-order valence-corrected chi connectivity index (χ0v) is 24.8. The molecule has 212 valence electrons. The minimum Gasteiger partial charge on any atom is -0.478 e. The monoisotopic (exact) mass is 586 g/mol. The van der Waals surface area contributed by atoms with Crippen LogP contribution in [0.3, 0.4) is 0 Å². The minimum atomic E-state index is -4.66. The van der Waals surface area contributed by atoms with E-state index in [1.165, 1.54) is 12.1 Å². The van der Waals surface area contributed by atoms with Gasteiger partial charge in [0.2, 0.25) is 0 Å². The van der Waals surface area contributed by atoms with Crippen LogP contribution in [-0.2, 0) is 20.8 Å². The highest BCUT2D eigenvalue weighted by molar-refractivity contribution is 6.99. The molecule has 0 amide bonds. The number of benzene rings is 3. The number of carbonyl (C=O) groups is 1. The summed E-state index contributed by atoms with van der Waals surface area (Å²) in [6.07, 6.45) is -2.23. The van der Waals surface area contributed by atoms with Crippen molar-refractivity contribution in [3.05, 3.63) is 107 Å². The maximum atomic E-state index is 13.7. The maximum absolute atomic E-state index is 13.7. The molecule has 2 atom stereocenters. The van der Waals surface area contributed by atoms with Gasteiger partial charge in [0, 0.05) is 17.6 Å². The maximum Gasteiger partial charge on any atom is 0.417 e. The molecule has 0 heterocycles. The van der Waals surface area contributed by atoms with Crippen LogP contribution in [0.25, 0.3) is 0 Å². The lowest BCUT2D eigenvalue weighted by molar-refractivity contribution is -0.137. The molecule has 8 heteroatoms. The Bertz CT molecular complexity index is 1340. The average Bonchev–Trinajstić information content (AvgIpc) is 2.89. The molecular formula is C32H34ClF3O3Si. The molecule has 1 aliphatic rings. The topological polar surface area (TPSA) is 46.5 Å². The van der Waals surface area contributed by atoms with Crippen molar-refractivity contribution in [2.75, 3.05) is 6.61 Å². The van der Waals surface area contributed by atoms with Gasteiger partial charge in [-0.15, -0.1) is 0 Å². The molecule has 1 N–H and O–H groups in total. The van der Waals surface area contributed by atoms with Gasteiger partial charge in [-0.3, -0.25) is 0 Å². The summed E-state index contributed by atoms with van der Waals surface area (Å²) in [6, 6.07) is 24.1. The summed E-state index contributed by atoms with van der Waals surface area (Å²) in [5.41, 5.74) is -1.77. The Labute approximate surface area is 239 Å². The smallest absolute Gasteiger partial charge is 0.417 e. The van der Waals surface area contributed by atoms with E-state index in [-0.39, 0.29) is 22.1 Å². The van der Waals surface area contributed by atoms with Crippen LogP contribution >= 0.6 is 11.6 Å². The van der Waals surface area contributed by atoms with Crippen LogP contribution in [0.15, 0.2) is 90.5 Å². The van der Waals surface area contributed by atoms with Gasteiger partial charge in [0.1, 0.15) is 0 Å². The molecule has 3 aromatic rings. The predicted molar refractivity (Wildman–Crippen MR) is 156 cm³/mol. The third-order valence-electron chi connectivity index (χ3n) is 8.04. The van der Waals surface area contributed by atoms with E-state index in [4.69, 9.17) is 16.0 Å². The molecule has 0 aliphatic heterocycles. The molecule has 0 fully saturated rings. The zero-order chi connectivity index (χ0) is 29.3. The van der Waals surface area contributed by atoms with E-state index in [9.17, 15) is 23.1 Å². The highest BCUT2D eigenvalue weighted by atomic mass is 35.5. The summed E-state index contributed by atoms with van der Waals surface area (Å²) in [6.45, 7) is 8.58. The quantitative estimate of drug-likeness (QED) is 0.290. The Morgan fingerprint density at radius 3 is 2.02 bits per heavy atom. The summed E-state index contributed by atoms with van der Waals surface area (Å²) in [5, 5.41) is 11.6.